The highest BCUT2D eigenvalue weighted by Crippen LogP contribution is 2.30. The van der Waals surface area contributed by atoms with Gasteiger partial charge in [-0.25, -0.2) is 0 Å². The number of hydrogen-bond donors (Lipinski definition) is 1. The molecule has 5 nitrogen and oxygen atoms in total. The molecule has 1 aromatic carbocycles. The first kappa shape index (κ1) is 20.5. The molecule has 0 aromatic heterocycles. The van der Waals surface area contributed by atoms with E-state index in [0.29, 0.717) is 5.56 Å². The van der Waals surface area contributed by atoms with Gasteiger partial charge < -0.3 is 14.6 Å². The van der Waals surface area contributed by atoms with Crippen molar-refractivity contribution in [3.8, 4) is 11.5 Å². The minimum atomic E-state index is -0.966. The fourth-order valence-electron chi connectivity index (χ4n) is 1.51. The smallest absolute Gasteiger partial charge is 0.316 e. The maximum Gasteiger partial charge on any atom is 0.316 e. The summed E-state index contributed by atoms with van der Waals surface area (Å²) in [5.41, 5.74) is -0.979. The summed E-state index contributed by atoms with van der Waals surface area (Å²) in [6, 6.07) is 4.45. The largest absolute Gasteiger partial charge is 0.426 e. The molecule has 1 atom stereocenters. The standard InChI is InChI=1S/C18H25ClO5/c1-17(2,3)15(21)23-12-7-11(14(20)10-19)8-13(9-12)24-16(22)18(4,5)6/h7-9,14,20H,10H2,1-6H3/t14-/m0/s1. The van der Waals surface area contributed by atoms with Crippen LogP contribution in [0.4, 0.5) is 0 Å². The number of carbonyl (C=O) groups excluding carboxylic acids is 2. The zero-order valence-electron chi connectivity index (χ0n) is 15.0. The van der Waals surface area contributed by atoms with E-state index >= 15 is 0 Å². The van der Waals surface area contributed by atoms with Crippen LogP contribution >= 0.6 is 11.6 Å². The minimum Gasteiger partial charge on any atom is -0.426 e. The number of aliphatic hydroxyl groups is 1. The molecule has 0 spiro atoms. The third-order valence-electron chi connectivity index (χ3n) is 3.08. The van der Waals surface area contributed by atoms with Crippen LogP contribution in [0.15, 0.2) is 18.2 Å². The van der Waals surface area contributed by atoms with E-state index in [4.69, 9.17) is 21.1 Å². The van der Waals surface area contributed by atoms with Crippen LogP contribution in [0.1, 0.15) is 53.2 Å². The topological polar surface area (TPSA) is 72.8 Å². The lowest BCUT2D eigenvalue weighted by Gasteiger charge is -2.20. The number of hydrogen-bond acceptors (Lipinski definition) is 5. The van der Waals surface area contributed by atoms with E-state index in [1.165, 1.54) is 18.2 Å². The first-order chi connectivity index (χ1) is 10.8. The molecular formula is C18H25ClO5. The van der Waals surface area contributed by atoms with Crippen molar-refractivity contribution >= 4 is 23.5 Å². The van der Waals surface area contributed by atoms with E-state index in [1.807, 2.05) is 0 Å². The zero-order chi connectivity index (χ0) is 18.7. The predicted octanol–water partition coefficient (Wildman–Crippen LogP) is 3.86. The number of aliphatic hydroxyl groups excluding tert-OH is 1. The Labute approximate surface area is 147 Å². The van der Waals surface area contributed by atoms with Crippen LogP contribution in [0.25, 0.3) is 0 Å². The van der Waals surface area contributed by atoms with Crippen molar-refractivity contribution in [2.24, 2.45) is 10.8 Å². The van der Waals surface area contributed by atoms with Gasteiger partial charge in [0.1, 0.15) is 11.5 Å². The molecular weight excluding hydrogens is 332 g/mol. The molecule has 1 N–H and O–H groups in total. The van der Waals surface area contributed by atoms with Gasteiger partial charge in [-0.1, -0.05) is 0 Å². The lowest BCUT2D eigenvalue weighted by Crippen LogP contribution is -2.26. The van der Waals surface area contributed by atoms with Gasteiger partial charge in [0.05, 0.1) is 22.8 Å². The summed E-state index contributed by atoms with van der Waals surface area (Å²) in [5, 5.41) is 9.95. The van der Waals surface area contributed by atoms with Gasteiger partial charge >= 0.3 is 11.9 Å². The fourth-order valence-corrected chi connectivity index (χ4v) is 1.69. The highest BCUT2D eigenvalue weighted by Gasteiger charge is 2.26. The first-order valence-electron chi connectivity index (χ1n) is 7.68. The number of carbonyl (C=O) groups is 2. The van der Waals surface area contributed by atoms with Gasteiger partial charge in [0.15, 0.2) is 0 Å². The van der Waals surface area contributed by atoms with Gasteiger partial charge in [-0.05, 0) is 59.2 Å². The molecule has 0 saturated carbocycles. The van der Waals surface area contributed by atoms with Crippen LogP contribution < -0.4 is 9.47 Å². The molecule has 0 heterocycles. The molecule has 24 heavy (non-hydrogen) atoms. The molecule has 0 fully saturated rings. The van der Waals surface area contributed by atoms with Gasteiger partial charge in [0, 0.05) is 6.07 Å². The van der Waals surface area contributed by atoms with Crippen molar-refractivity contribution in [1.82, 2.24) is 0 Å². The lowest BCUT2D eigenvalue weighted by atomic mass is 9.97. The predicted molar refractivity (Wildman–Crippen MR) is 92.3 cm³/mol. The van der Waals surface area contributed by atoms with Crippen molar-refractivity contribution in [3.63, 3.8) is 0 Å². The molecule has 0 aliphatic carbocycles. The van der Waals surface area contributed by atoms with Gasteiger partial charge in [-0.3, -0.25) is 9.59 Å². The van der Waals surface area contributed by atoms with Crippen LogP contribution in [-0.2, 0) is 9.59 Å². The summed E-state index contributed by atoms with van der Waals surface area (Å²) in [5.74, 6) is -0.536. The summed E-state index contributed by atoms with van der Waals surface area (Å²) >= 11 is 5.68. The number of benzene rings is 1. The SMILES string of the molecule is CC(C)(C)C(=O)Oc1cc(OC(=O)C(C)(C)C)cc([C@@H](O)CCl)c1. The molecule has 0 unspecified atom stereocenters. The number of halogens is 1. The van der Waals surface area contributed by atoms with Gasteiger partial charge in [0.25, 0.3) is 0 Å². The second-order valence-electron chi connectivity index (χ2n) is 7.69. The van der Waals surface area contributed by atoms with Crippen LogP contribution in [0.3, 0.4) is 0 Å². The van der Waals surface area contributed by atoms with E-state index in [1.54, 1.807) is 41.5 Å². The van der Waals surface area contributed by atoms with Crippen LogP contribution in [-0.4, -0.2) is 22.9 Å². The Balaban J connectivity index is 3.18. The Morgan fingerprint density at radius 3 is 1.62 bits per heavy atom. The summed E-state index contributed by atoms with van der Waals surface area (Å²) in [7, 11) is 0. The van der Waals surface area contributed by atoms with E-state index in [2.05, 4.69) is 0 Å². The van der Waals surface area contributed by atoms with E-state index in [0.717, 1.165) is 0 Å². The van der Waals surface area contributed by atoms with E-state index in [9.17, 15) is 14.7 Å². The van der Waals surface area contributed by atoms with Crippen LogP contribution in [0, 0.1) is 10.8 Å². The molecule has 0 bridgehead atoms. The third-order valence-corrected chi connectivity index (χ3v) is 3.37. The molecule has 6 heteroatoms. The average molecular weight is 357 g/mol. The summed E-state index contributed by atoms with van der Waals surface area (Å²) in [6.45, 7) is 10.4. The maximum atomic E-state index is 12.1. The van der Waals surface area contributed by atoms with E-state index < -0.39 is 28.9 Å². The Morgan fingerprint density at radius 1 is 0.958 bits per heavy atom. The van der Waals surface area contributed by atoms with Gasteiger partial charge in [-0.2, -0.15) is 0 Å². The van der Waals surface area contributed by atoms with E-state index in [-0.39, 0.29) is 17.4 Å². The Kier molecular flexibility index (Phi) is 6.42. The van der Waals surface area contributed by atoms with Crippen LogP contribution in [0.2, 0.25) is 0 Å². The van der Waals surface area contributed by atoms with Gasteiger partial charge in [0.2, 0.25) is 0 Å². The highest BCUT2D eigenvalue weighted by atomic mass is 35.5. The zero-order valence-corrected chi connectivity index (χ0v) is 15.7. The molecule has 134 valence electrons. The summed E-state index contributed by atoms with van der Waals surface area (Å²) in [4.78, 5) is 24.1. The monoisotopic (exact) mass is 356 g/mol. The van der Waals surface area contributed by atoms with Crippen molar-refractivity contribution in [2.75, 3.05) is 5.88 Å². The molecule has 0 radical (unpaired) electrons. The van der Waals surface area contributed by atoms with Gasteiger partial charge in [-0.15, -0.1) is 11.6 Å². The minimum absolute atomic E-state index is 0.0384. The second kappa shape index (κ2) is 7.53. The Bertz CT molecular complexity index is 565. The lowest BCUT2D eigenvalue weighted by molar-refractivity contribution is -0.143. The van der Waals surface area contributed by atoms with Crippen molar-refractivity contribution in [2.45, 2.75) is 47.6 Å². The summed E-state index contributed by atoms with van der Waals surface area (Å²) < 4.78 is 10.7. The Morgan fingerprint density at radius 2 is 1.33 bits per heavy atom. The fraction of sp³-hybridized carbons (Fsp3) is 0.556. The quantitative estimate of drug-likeness (QED) is 0.503. The second-order valence-corrected chi connectivity index (χ2v) is 8.00. The normalized spacial score (nSPS) is 13.3. The number of alkyl halides is 1. The molecule has 0 saturated heterocycles. The van der Waals surface area contributed by atoms with Crippen LogP contribution in [0.5, 0.6) is 11.5 Å². The van der Waals surface area contributed by atoms with Crippen molar-refractivity contribution in [1.29, 1.82) is 0 Å². The van der Waals surface area contributed by atoms with Crippen molar-refractivity contribution < 1.29 is 24.2 Å². The number of esters is 2. The van der Waals surface area contributed by atoms with Crippen molar-refractivity contribution in [3.05, 3.63) is 23.8 Å². The molecule has 0 amide bonds. The highest BCUT2D eigenvalue weighted by molar-refractivity contribution is 6.18. The number of ether oxygens (including phenoxy) is 2. The summed E-state index contributed by atoms with van der Waals surface area (Å²) in [6.07, 6.45) is -0.966. The molecule has 0 aliphatic heterocycles. The first-order valence-corrected chi connectivity index (χ1v) is 8.21. The molecule has 1 aromatic rings. The average Bonchev–Trinajstić information content (AvgIpc) is 2.44. The Hall–Kier alpha value is -1.59. The maximum absolute atomic E-state index is 12.1. The number of rotatable bonds is 4. The molecule has 0 aliphatic rings. The molecule has 1 rings (SSSR count). The third kappa shape index (κ3) is 5.80.